The number of nitrogens with one attached hydrogen (secondary N) is 1. The predicted molar refractivity (Wildman–Crippen MR) is 118 cm³/mol. The zero-order valence-electron chi connectivity index (χ0n) is 18.0. The number of ether oxygens (including phenoxy) is 1. The van der Waals surface area contributed by atoms with Gasteiger partial charge in [-0.1, -0.05) is 0 Å². The van der Waals surface area contributed by atoms with Gasteiger partial charge in [-0.3, -0.25) is 14.6 Å². The molecule has 3 aliphatic rings. The third-order valence-corrected chi connectivity index (χ3v) is 6.43. The second-order valence-electron chi connectivity index (χ2n) is 9.03. The number of rotatable bonds is 6. The Morgan fingerprint density at radius 3 is 2.41 bits per heavy atom. The van der Waals surface area contributed by atoms with Crippen molar-refractivity contribution in [1.82, 2.24) is 9.80 Å². The van der Waals surface area contributed by atoms with E-state index in [1.54, 1.807) is 0 Å². The number of hydrogen-bond acceptors (Lipinski definition) is 5. The molecule has 160 valence electrons. The molecule has 29 heavy (non-hydrogen) atoms. The van der Waals surface area contributed by atoms with Crippen LogP contribution in [0.25, 0.3) is 0 Å². The summed E-state index contributed by atoms with van der Waals surface area (Å²) in [6.07, 6.45) is 5.49. The van der Waals surface area contributed by atoms with Crippen LogP contribution in [0.2, 0.25) is 0 Å². The number of carbonyl (C=O) groups excluding carboxylic acids is 1. The fraction of sp³-hybridized carbons (Fsp3) is 0.696. The average molecular weight is 401 g/mol. The van der Waals surface area contributed by atoms with Crippen LogP contribution in [0.5, 0.6) is 0 Å². The lowest BCUT2D eigenvalue weighted by atomic mass is 10.1. The highest BCUT2D eigenvalue weighted by molar-refractivity contribution is 5.92. The molecule has 0 aliphatic carbocycles. The molecule has 0 radical (unpaired) electrons. The van der Waals surface area contributed by atoms with Crippen molar-refractivity contribution in [1.29, 1.82) is 0 Å². The molecule has 6 nitrogen and oxygen atoms in total. The first kappa shape index (κ1) is 20.6. The molecule has 6 heteroatoms. The summed E-state index contributed by atoms with van der Waals surface area (Å²) in [5.74, 6) is 0.0922. The Bertz CT molecular complexity index is 664. The summed E-state index contributed by atoms with van der Waals surface area (Å²) in [5, 5.41) is 3.09. The summed E-state index contributed by atoms with van der Waals surface area (Å²) in [4.78, 5) is 19.9. The number of morpholine rings is 1. The Morgan fingerprint density at radius 2 is 1.72 bits per heavy atom. The van der Waals surface area contributed by atoms with Gasteiger partial charge in [0.15, 0.2) is 0 Å². The Hall–Kier alpha value is -1.63. The maximum Gasteiger partial charge on any atom is 0.238 e. The van der Waals surface area contributed by atoms with Gasteiger partial charge in [-0.15, -0.1) is 0 Å². The van der Waals surface area contributed by atoms with Gasteiger partial charge in [0.2, 0.25) is 5.91 Å². The van der Waals surface area contributed by atoms with E-state index >= 15 is 0 Å². The zero-order valence-corrected chi connectivity index (χ0v) is 18.0. The van der Waals surface area contributed by atoms with E-state index in [9.17, 15) is 4.79 Å². The van der Waals surface area contributed by atoms with Crippen molar-refractivity contribution in [3.63, 3.8) is 0 Å². The molecule has 0 aromatic heterocycles. The fourth-order valence-electron chi connectivity index (χ4n) is 5.16. The standard InChI is InChI=1S/C23H36N4O2/c1-18-14-25(15-19(2)29-18)16-22-6-5-13-27(22)17-23(28)24-20-7-9-21(10-8-20)26-11-3-4-12-26/h7-10,18-19,22H,3-6,11-17H2,1-2H3,(H,24,28). The molecular formula is C23H36N4O2. The lowest BCUT2D eigenvalue weighted by Crippen LogP contribution is -2.50. The van der Waals surface area contributed by atoms with Crippen molar-refractivity contribution in [2.75, 3.05) is 56.0 Å². The van der Waals surface area contributed by atoms with Gasteiger partial charge in [-0.25, -0.2) is 0 Å². The van der Waals surface area contributed by atoms with E-state index < -0.39 is 0 Å². The lowest BCUT2D eigenvalue weighted by Gasteiger charge is -2.38. The quantitative estimate of drug-likeness (QED) is 0.796. The summed E-state index contributed by atoms with van der Waals surface area (Å²) in [5.41, 5.74) is 2.15. The average Bonchev–Trinajstić information content (AvgIpc) is 3.34. The monoisotopic (exact) mass is 400 g/mol. The number of amides is 1. The molecule has 1 aromatic carbocycles. The van der Waals surface area contributed by atoms with Crippen LogP contribution in [0.1, 0.15) is 39.5 Å². The Morgan fingerprint density at radius 1 is 1.03 bits per heavy atom. The summed E-state index contributed by atoms with van der Waals surface area (Å²) < 4.78 is 5.86. The van der Waals surface area contributed by atoms with E-state index in [-0.39, 0.29) is 5.91 Å². The summed E-state index contributed by atoms with van der Waals surface area (Å²) >= 11 is 0. The number of nitrogens with zero attached hydrogens (tertiary/aromatic N) is 3. The van der Waals surface area contributed by atoms with Crippen LogP contribution in [0, 0.1) is 0 Å². The molecule has 3 heterocycles. The molecule has 0 spiro atoms. The number of hydrogen-bond donors (Lipinski definition) is 1. The summed E-state index contributed by atoms with van der Waals surface area (Å²) in [6.45, 7) is 11.1. The number of carbonyl (C=O) groups is 1. The normalized spacial score (nSPS) is 28.8. The molecule has 3 atom stereocenters. The van der Waals surface area contributed by atoms with Gasteiger partial charge in [-0.2, -0.15) is 0 Å². The molecule has 1 aromatic rings. The fourth-order valence-corrected chi connectivity index (χ4v) is 5.16. The van der Waals surface area contributed by atoms with Crippen LogP contribution in [0.3, 0.4) is 0 Å². The van der Waals surface area contributed by atoms with Gasteiger partial charge in [0.05, 0.1) is 18.8 Å². The maximum atomic E-state index is 12.7. The highest BCUT2D eigenvalue weighted by Crippen LogP contribution is 2.23. The second-order valence-corrected chi connectivity index (χ2v) is 9.03. The van der Waals surface area contributed by atoms with Gasteiger partial charge in [0.25, 0.3) is 0 Å². The summed E-state index contributed by atoms with van der Waals surface area (Å²) in [7, 11) is 0. The maximum absolute atomic E-state index is 12.7. The lowest BCUT2D eigenvalue weighted by molar-refractivity contribution is -0.117. The van der Waals surface area contributed by atoms with Crippen LogP contribution in [-0.4, -0.2) is 79.8 Å². The SMILES string of the molecule is CC1CN(CC2CCCN2CC(=O)Nc2ccc(N3CCCC3)cc2)CC(C)O1. The molecule has 4 rings (SSSR count). The molecule has 3 aliphatic heterocycles. The Balaban J connectivity index is 1.27. The van der Waals surface area contributed by atoms with E-state index in [0.29, 0.717) is 24.8 Å². The van der Waals surface area contributed by atoms with E-state index in [0.717, 1.165) is 45.0 Å². The molecular weight excluding hydrogens is 364 g/mol. The van der Waals surface area contributed by atoms with Crippen LogP contribution in [0.4, 0.5) is 11.4 Å². The zero-order chi connectivity index (χ0) is 20.2. The molecule has 1 N–H and O–H groups in total. The third-order valence-electron chi connectivity index (χ3n) is 6.43. The van der Waals surface area contributed by atoms with Gasteiger partial charge in [-0.05, 0) is 70.3 Å². The predicted octanol–water partition coefficient (Wildman–Crippen LogP) is 2.80. The first-order valence-corrected chi connectivity index (χ1v) is 11.3. The molecule has 1 amide bonds. The molecule has 3 unspecified atom stereocenters. The van der Waals surface area contributed by atoms with Crippen molar-refractivity contribution in [3.05, 3.63) is 24.3 Å². The summed E-state index contributed by atoms with van der Waals surface area (Å²) in [6, 6.07) is 8.78. The largest absolute Gasteiger partial charge is 0.373 e. The number of likely N-dealkylation sites (tertiary alicyclic amines) is 1. The molecule has 0 saturated carbocycles. The third kappa shape index (κ3) is 5.50. The minimum absolute atomic E-state index is 0.0922. The minimum Gasteiger partial charge on any atom is -0.373 e. The number of benzene rings is 1. The van der Waals surface area contributed by atoms with Crippen molar-refractivity contribution < 1.29 is 9.53 Å². The van der Waals surface area contributed by atoms with Gasteiger partial charge in [0.1, 0.15) is 0 Å². The minimum atomic E-state index is 0.0922. The highest BCUT2D eigenvalue weighted by atomic mass is 16.5. The van der Waals surface area contributed by atoms with Gasteiger partial charge < -0.3 is 15.0 Å². The van der Waals surface area contributed by atoms with Crippen molar-refractivity contribution in [3.8, 4) is 0 Å². The van der Waals surface area contributed by atoms with Crippen molar-refractivity contribution in [2.24, 2.45) is 0 Å². The van der Waals surface area contributed by atoms with Gasteiger partial charge in [0, 0.05) is 50.1 Å². The van der Waals surface area contributed by atoms with E-state index in [4.69, 9.17) is 4.74 Å². The first-order chi connectivity index (χ1) is 14.1. The molecule has 3 saturated heterocycles. The Labute approximate surface area is 175 Å². The molecule has 3 fully saturated rings. The molecule has 0 bridgehead atoms. The topological polar surface area (TPSA) is 48.0 Å². The smallest absolute Gasteiger partial charge is 0.238 e. The van der Waals surface area contributed by atoms with E-state index in [1.807, 2.05) is 12.1 Å². The van der Waals surface area contributed by atoms with Crippen molar-refractivity contribution in [2.45, 2.75) is 57.8 Å². The second kappa shape index (κ2) is 9.45. The Kier molecular flexibility index (Phi) is 6.73. The van der Waals surface area contributed by atoms with E-state index in [1.165, 1.54) is 31.4 Å². The van der Waals surface area contributed by atoms with E-state index in [2.05, 4.69) is 46.0 Å². The van der Waals surface area contributed by atoms with Crippen molar-refractivity contribution >= 4 is 17.3 Å². The van der Waals surface area contributed by atoms with Gasteiger partial charge >= 0.3 is 0 Å². The van der Waals surface area contributed by atoms with Crippen LogP contribution < -0.4 is 10.2 Å². The first-order valence-electron chi connectivity index (χ1n) is 11.3. The highest BCUT2D eigenvalue weighted by Gasteiger charge is 2.30. The van der Waals surface area contributed by atoms with Crippen LogP contribution in [0.15, 0.2) is 24.3 Å². The van der Waals surface area contributed by atoms with Crippen LogP contribution >= 0.6 is 0 Å². The number of anilines is 2. The van der Waals surface area contributed by atoms with Crippen LogP contribution in [-0.2, 0) is 9.53 Å².